The SMILES string of the molecule is CC(C)COc1ccc(C(=O)N/C(=C\c2ccc(SC(F)(F)F)cc2)C(=O)NCCO)cc1. The Bertz CT molecular complexity index is 959. The highest BCUT2D eigenvalue weighted by Gasteiger charge is 2.29. The van der Waals surface area contributed by atoms with Gasteiger partial charge in [-0.2, -0.15) is 13.2 Å². The van der Waals surface area contributed by atoms with E-state index in [1.165, 1.54) is 30.3 Å². The van der Waals surface area contributed by atoms with Gasteiger partial charge in [-0.3, -0.25) is 9.59 Å². The van der Waals surface area contributed by atoms with E-state index >= 15 is 0 Å². The van der Waals surface area contributed by atoms with Crippen molar-refractivity contribution in [2.75, 3.05) is 19.8 Å². The summed E-state index contributed by atoms with van der Waals surface area (Å²) in [4.78, 5) is 25.1. The van der Waals surface area contributed by atoms with Crippen molar-refractivity contribution in [2.24, 2.45) is 5.92 Å². The fourth-order valence-electron chi connectivity index (χ4n) is 2.52. The molecule has 0 atom stereocenters. The van der Waals surface area contributed by atoms with Gasteiger partial charge in [-0.25, -0.2) is 0 Å². The van der Waals surface area contributed by atoms with Gasteiger partial charge in [0.25, 0.3) is 11.8 Å². The fourth-order valence-corrected chi connectivity index (χ4v) is 3.05. The van der Waals surface area contributed by atoms with Crippen LogP contribution in [0.15, 0.2) is 59.1 Å². The Morgan fingerprint density at radius 1 is 1.09 bits per heavy atom. The molecule has 0 spiro atoms. The highest BCUT2D eigenvalue weighted by molar-refractivity contribution is 8.00. The van der Waals surface area contributed by atoms with Crippen LogP contribution in [0, 0.1) is 5.92 Å². The van der Waals surface area contributed by atoms with Crippen molar-refractivity contribution in [2.45, 2.75) is 24.3 Å². The molecule has 2 aromatic rings. The summed E-state index contributed by atoms with van der Waals surface area (Å²) < 4.78 is 43.1. The lowest BCUT2D eigenvalue weighted by molar-refractivity contribution is -0.117. The number of ether oxygens (including phenoxy) is 1. The Labute approximate surface area is 194 Å². The van der Waals surface area contributed by atoms with Crippen molar-refractivity contribution in [1.82, 2.24) is 10.6 Å². The zero-order valence-corrected chi connectivity index (χ0v) is 18.9. The molecule has 0 saturated carbocycles. The third-order valence-electron chi connectivity index (χ3n) is 4.01. The molecular formula is C23H25F3N2O4S. The summed E-state index contributed by atoms with van der Waals surface area (Å²) >= 11 is -0.248. The smallest absolute Gasteiger partial charge is 0.446 e. The molecule has 0 aromatic heterocycles. The number of aliphatic hydroxyl groups is 1. The van der Waals surface area contributed by atoms with Gasteiger partial charge >= 0.3 is 5.51 Å². The number of halogens is 3. The summed E-state index contributed by atoms with van der Waals surface area (Å²) in [5, 5.41) is 13.9. The van der Waals surface area contributed by atoms with Crippen molar-refractivity contribution < 1.29 is 32.6 Å². The Morgan fingerprint density at radius 2 is 1.73 bits per heavy atom. The molecule has 0 heterocycles. The maximum absolute atomic E-state index is 12.7. The first-order valence-electron chi connectivity index (χ1n) is 10.1. The van der Waals surface area contributed by atoms with E-state index in [0.717, 1.165) is 0 Å². The molecule has 6 nitrogen and oxygen atoms in total. The maximum atomic E-state index is 12.7. The lowest BCUT2D eigenvalue weighted by Gasteiger charge is -2.12. The quantitative estimate of drug-likeness (QED) is 0.349. The van der Waals surface area contributed by atoms with Gasteiger partial charge in [0.2, 0.25) is 0 Å². The summed E-state index contributed by atoms with van der Waals surface area (Å²) in [6.45, 7) is 4.23. The molecule has 0 saturated heterocycles. The second kappa shape index (κ2) is 12.3. The van der Waals surface area contributed by atoms with Gasteiger partial charge in [0.05, 0.1) is 13.2 Å². The third-order valence-corrected chi connectivity index (χ3v) is 4.75. The average molecular weight is 483 g/mol. The second-order valence-corrected chi connectivity index (χ2v) is 8.48. The minimum absolute atomic E-state index is 0.00487. The second-order valence-electron chi connectivity index (χ2n) is 7.34. The zero-order valence-electron chi connectivity index (χ0n) is 18.1. The molecule has 0 aliphatic rings. The van der Waals surface area contributed by atoms with E-state index in [1.807, 2.05) is 13.8 Å². The van der Waals surface area contributed by atoms with Gasteiger partial charge in [-0.15, -0.1) is 0 Å². The number of hydrogen-bond donors (Lipinski definition) is 3. The predicted molar refractivity (Wildman–Crippen MR) is 121 cm³/mol. The van der Waals surface area contributed by atoms with Crippen molar-refractivity contribution >= 4 is 29.7 Å². The van der Waals surface area contributed by atoms with Gasteiger partial charge in [-0.1, -0.05) is 26.0 Å². The molecule has 0 fully saturated rings. The number of aliphatic hydroxyl groups excluding tert-OH is 1. The van der Waals surface area contributed by atoms with Gasteiger partial charge in [-0.05, 0) is 65.7 Å². The van der Waals surface area contributed by atoms with E-state index < -0.39 is 17.3 Å². The van der Waals surface area contributed by atoms with Crippen LogP contribution in [0.4, 0.5) is 13.2 Å². The van der Waals surface area contributed by atoms with Gasteiger partial charge in [0, 0.05) is 17.0 Å². The van der Waals surface area contributed by atoms with Crippen LogP contribution in [-0.4, -0.2) is 42.2 Å². The van der Waals surface area contributed by atoms with Gasteiger partial charge < -0.3 is 20.5 Å². The van der Waals surface area contributed by atoms with E-state index in [2.05, 4.69) is 10.6 Å². The molecule has 0 aliphatic carbocycles. The van der Waals surface area contributed by atoms with Crippen molar-refractivity contribution in [3.05, 3.63) is 65.4 Å². The summed E-state index contributed by atoms with van der Waals surface area (Å²) in [6.07, 6.45) is 1.34. The minimum Gasteiger partial charge on any atom is -0.493 e. The number of rotatable bonds is 10. The highest BCUT2D eigenvalue weighted by Crippen LogP contribution is 2.36. The molecule has 2 rings (SSSR count). The lowest BCUT2D eigenvalue weighted by Crippen LogP contribution is -2.36. The number of alkyl halides is 3. The number of benzene rings is 2. The summed E-state index contributed by atoms with van der Waals surface area (Å²) in [5.74, 6) is -0.254. The van der Waals surface area contributed by atoms with Crippen LogP contribution in [0.25, 0.3) is 6.08 Å². The van der Waals surface area contributed by atoms with Crippen LogP contribution in [0.3, 0.4) is 0 Å². The number of nitrogens with one attached hydrogen (secondary N) is 2. The first kappa shape index (κ1) is 26.3. The molecule has 2 amide bonds. The van der Waals surface area contributed by atoms with Gasteiger partial charge in [0.1, 0.15) is 11.4 Å². The number of carbonyl (C=O) groups is 2. The molecule has 0 aliphatic heterocycles. The fraction of sp³-hybridized carbons (Fsp3) is 0.304. The van der Waals surface area contributed by atoms with Gasteiger partial charge in [0.15, 0.2) is 0 Å². The molecular weight excluding hydrogens is 457 g/mol. The molecule has 178 valence electrons. The minimum atomic E-state index is -4.41. The Morgan fingerprint density at radius 3 is 2.27 bits per heavy atom. The summed E-state index contributed by atoms with van der Waals surface area (Å²) in [5.41, 5.74) is -3.83. The standard InChI is InChI=1S/C23H25F3N2O4S/c1-15(2)14-32-18-7-5-17(6-8-18)21(30)28-20(22(31)27-11-12-29)13-16-3-9-19(10-4-16)33-23(24,25)26/h3-10,13,15,29H,11-12,14H2,1-2H3,(H,27,31)(H,28,30)/b20-13-. The number of hydrogen-bond acceptors (Lipinski definition) is 5. The predicted octanol–water partition coefficient (Wildman–Crippen LogP) is 4.21. The van der Waals surface area contributed by atoms with Crippen LogP contribution in [0.1, 0.15) is 29.8 Å². The molecule has 0 unspecified atom stereocenters. The van der Waals surface area contributed by atoms with E-state index in [9.17, 15) is 22.8 Å². The zero-order chi connectivity index (χ0) is 24.4. The Balaban J connectivity index is 2.18. The molecule has 33 heavy (non-hydrogen) atoms. The van der Waals surface area contributed by atoms with E-state index in [4.69, 9.17) is 9.84 Å². The average Bonchev–Trinajstić information content (AvgIpc) is 2.76. The summed E-state index contributed by atoms with van der Waals surface area (Å²) in [7, 11) is 0. The van der Waals surface area contributed by atoms with Crippen molar-refractivity contribution in [3.8, 4) is 5.75 Å². The normalized spacial score (nSPS) is 11.9. The number of amides is 2. The Kier molecular flexibility index (Phi) is 9.80. The van der Waals surface area contributed by atoms with E-state index in [0.29, 0.717) is 23.8 Å². The van der Waals surface area contributed by atoms with Crippen LogP contribution in [0.2, 0.25) is 0 Å². The monoisotopic (exact) mass is 482 g/mol. The van der Waals surface area contributed by atoms with Crippen LogP contribution >= 0.6 is 11.8 Å². The number of thioether (sulfide) groups is 1. The first-order chi connectivity index (χ1) is 15.6. The Hall–Kier alpha value is -2.98. The van der Waals surface area contributed by atoms with Crippen molar-refractivity contribution in [3.63, 3.8) is 0 Å². The molecule has 2 aromatic carbocycles. The van der Waals surface area contributed by atoms with E-state index in [1.54, 1.807) is 24.3 Å². The molecule has 0 radical (unpaired) electrons. The largest absolute Gasteiger partial charge is 0.493 e. The topological polar surface area (TPSA) is 87.7 Å². The number of carbonyl (C=O) groups excluding carboxylic acids is 2. The third kappa shape index (κ3) is 9.58. The molecule has 10 heteroatoms. The summed E-state index contributed by atoms with van der Waals surface area (Å²) in [6, 6.07) is 11.7. The molecule has 3 N–H and O–H groups in total. The van der Waals surface area contributed by atoms with Crippen LogP contribution in [0.5, 0.6) is 5.75 Å². The van der Waals surface area contributed by atoms with Crippen LogP contribution < -0.4 is 15.4 Å². The lowest BCUT2D eigenvalue weighted by atomic mass is 10.1. The van der Waals surface area contributed by atoms with E-state index in [-0.39, 0.29) is 41.1 Å². The maximum Gasteiger partial charge on any atom is 0.446 e. The highest BCUT2D eigenvalue weighted by atomic mass is 32.2. The first-order valence-corrected chi connectivity index (χ1v) is 10.9. The molecule has 0 bridgehead atoms. The van der Waals surface area contributed by atoms with Crippen LogP contribution in [-0.2, 0) is 4.79 Å². The van der Waals surface area contributed by atoms with Crippen molar-refractivity contribution in [1.29, 1.82) is 0 Å².